The summed E-state index contributed by atoms with van der Waals surface area (Å²) in [5, 5.41) is 5.75. The lowest BCUT2D eigenvalue weighted by molar-refractivity contribution is 0.0683. The molecule has 1 saturated heterocycles. The van der Waals surface area contributed by atoms with Crippen molar-refractivity contribution in [1.82, 2.24) is 4.90 Å². The van der Waals surface area contributed by atoms with Gasteiger partial charge < -0.3 is 10.2 Å². The predicted molar refractivity (Wildman–Crippen MR) is 126 cm³/mol. The van der Waals surface area contributed by atoms with Gasteiger partial charge in [0.15, 0.2) is 0 Å². The highest BCUT2D eigenvalue weighted by molar-refractivity contribution is 7.17. The summed E-state index contributed by atoms with van der Waals surface area (Å²) in [4.78, 5) is 30.4. The molecule has 1 aliphatic heterocycles. The Morgan fingerprint density at radius 1 is 1.23 bits per heavy atom. The molecule has 0 radical (unpaired) electrons. The number of hydrogen-bond donors (Lipinski definition) is 1. The van der Waals surface area contributed by atoms with E-state index in [0.717, 1.165) is 49.3 Å². The molecule has 1 fully saturated rings. The predicted octanol–water partition coefficient (Wildman–Crippen LogP) is 6.09. The number of rotatable bonds is 3. The molecule has 2 aliphatic rings. The molecule has 0 aromatic carbocycles. The van der Waals surface area contributed by atoms with Gasteiger partial charge in [0, 0.05) is 18.0 Å². The Balaban J connectivity index is 1.68. The van der Waals surface area contributed by atoms with Crippen molar-refractivity contribution in [3.05, 3.63) is 38.4 Å². The summed E-state index contributed by atoms with van der Waals surface area (Å²) >= 11 is 3.05. The van der Waals surface area contributed by atoms with Crippen molar-refractivity contribution >= 4 is 39.5 Å². The van der Waals surface area contributed by atoms with Crippen LogP contribution in [0.2, 0.25) is 0 Å². The summed E-state index contributed by atoms with van der Waals surface area (Å²) in [6.07, 6.45) is 5.26. The molecule has 0 spiro atoms. The molecule has 0 bridgehead atoms. The van der Waals surface area contributed by atoms with E-state index in [2.05, 4.69) is 33.0 Å². The maximum absolute atomic E-state index is 13.6. The minimum Gasteiger partial charge on any atom is -0.338 e. The molecule has 6 heteroatoms. The van der Waals surface area contributed by atoms with Gasteiger partial charge in [0.2, 0.25) is 0 Å². The van der Waals surface area contributed by atoms with Gasteiger partial charge in [-0.3, -0.25) is 9.59 Å². The summed E-state index contributed by atoms with van der Waals surface area (Å²) in [5.41, 5.74) is 2.20. The van der Waals surface area contributed by atoms with Crippen molar-refractivity contribution in [3.63, 3.8) is 0 Å². The van der Waals surface area contributed by atoms with Gasteiger partial charge in [0.1, 0.15) is 5.00 Å². The zero-order chi connectivity index (χ0) is 21.5. The maximum atomic E-state index is 13.6. The van der Waals surface area contributed by atoms with E-state index in [-0.39, 0.29) is 17.2 Å². The van der Waals surface area contributed by atoms with Crippen LogP contribution in [0, 0.1) is 17.3 Å². The highest BCUT2D eigenvalue weighted by Crippen LogP contribution is 2.45. The van der Waals surface area contributed by atoms with Crippen LogP contribution >= 0.6 is 22.7 Å². The van der Waals surface area contributed by atoms with Crippen LogP contribution < -0.4 is 5.32 Å². The first-order valence-corrected chi connectivity index (χ1v) is 12.7. The molecule has 2 aromatic rings. The summed E-state index contributed by atoms with van der Waals surface area (Å²) in [6, 6.07) is 3.71. The van der Waals surface area contributed by atoms with E-state index in [4.69, 9.17) is 0 Å². The second kappa shape index (κ2) is 8.46. The minimum absolute atomic E-state index is 0.106. The van der Waals surface area contributed by atoms with Crippen molar-refractivity contribution in [3.8, 4) is 0 Å². The van der Waals surface area contributed by atoms with Crippen LogP contribution in [0.25, 0.3) is 0 Å². The number of hydrogen-bond acceptors (Lipinski definition) is 4. The van der Waals surface area contributed by atoms with Crippen molar-refractivity contribution in [1.29, 1.82) is 0 Å². The van der Waals surface area contributed by atoms with Crippen molar-refractivity contribution in [2.24, 2.45) is 17.3 Å². The monoisotopic (exact) mass is 444 g/mol. The van der Waals surface area contributed by atoms with Crippen LogP contribution in [0.15, 0.2) is 17.5 Å². The number of piperidine rings is 1. The van der Waals surface area contributed by atoms with Gasteiger partial charge in [-0.25, -0.2) is 0 Å². The summed E-state index contributed by atoms with van der Waals surface area (Å²) < 4.78 is 0. The Morgan fingerprint density at radius 3 is 2.70 bits per heavy atom. The van der Waals surface area contributed by atoms with E-state index in [1.165, 1.54) is 28.2 Å². The van der Waals surface area contributed by atoms with Crippen molar-refractivity contribution in [2.45, 2.75) is 59.8 Å². The lowest BCUT2D eigenvalue weighted by Crippen LogP contribution is -2.39. The van der Waals surface area contributed by atoms with Gasteiger partial charge in [-0.15, -0.1) is 22.7 Å². The van der Waals surface area contributed by atoms with E-state index in [9.17, 15) is 9.59 Å². The minimum atomic E-state index is -0.114. The van der Waals surface area contributed by atoms with Crippen molar-refractivity contribution in [2.75, 3.05) is 18.4 Å². The highest BCUT2D eigenvalue weighted by atomic mass is 32.1. The number of likely N-dealkylation sites (tertiary alicyclic amines) is 1. The Hall–Kier alpha value is -1.66. The molecule has 1 aliphatic carbocycles. The quantitative estimate of drug-likeness (QED) is 0.623. The average molecular weight is 445 g/mol. The summed E-state index contributed by atoms with van der Waals surface area (Å²) in [7, 11) is 0. The van der Waals surface area contributed by atoms with Crippen molar-refractivity contribution < 1.29 is 9.59 Å². The lowest BCUT2D eigenvalue weighted by atomic mass is 9.72. The van der Waals surface area contributed by atoms with Crippen LogP contribution in [-0.4, -0.2) is 29.8 Å². The number of thiophene rings is 2. The van der Waals surface area contributed by atoms with E-state index in [1.807, 2.05) is 22.4 Å². The third-order valence-corrected chi connectivity index (χ3v) is 8.66. The van der Waals surface area contributed by atoms with Gasteiger partial charge in [0.05, 0.1) is 10.4 Å². The topological polar surface area (TPSA) is 49.4 Å². The Kier molecular flexibility index (Phi) is 6.08. The second-order valence-electron chi connectivity index (χ2n) is 9.94. The first kappa shape index (κ1) is 21.6. The summed E-state index contributed by atoms with van der Waals surface area (Å²) in [6.45, 7) is 10.8. The van der Waals surface area contributed by atoms with Gasteiger partial charge in [0.25, 0.3) is 11.8 Å². The molecule has 1 N–H and O–H groups in total. The maximum Gasteiger partial charge on any atom is 0.266 e. The number of amides is 2. The molecule has 4 rings (SSSR count). The fourth-order valence-corrected chi connectivity index (χ4v) is 6.68. The SMILES string of the molecule is C[C@@H]1CCCN(C(=O)c2c(NC(=O)c3cccs3)sc3c2CC[C@@H](C(C)(C)C)C3)C1. The number of nitrogens with one attached hydrogen (secondary N) is 1. The molecule has 0 saturated carbocycles. The first-order valence-electron chi connectivity index (χ1n) is 11.0. The zero-order valence-corrected chi connectivity index (χ0v) is 20.0. The Labute approximate surface area is 187 Å². The van der Waals surface area contributed by atoms with Gasteiger partial charge in [-0.2, -0.15) is 0 Å². The number of carbonyl (C=O) groups is 2. The fraction of sp³-hybridized carbons (Fsp3) is 0.583. The molecule has 2 amide bonds. The number of nitrogens with zero attached hydrogens (tertiary/aromatic N) is 1. The normalized spacial score (nSPS) is 21.9. The molecule has 3 heterocycles. The van der Waals surface area contributed by atoms with E-state index in [0.29, 0.717) is 16.7 Å². The molecule has 0 unspecified atom stereocenters. The Morgan fingerprint density at radius 2 is 2.03 bits per heavy atom. The van der Waals surface area contributed by atoms with Crippen LogP contribution in [0.4, 0.5) is 5.00 Å². The van der Waals surface area contributed by atoms with E-state index in [1.54, 1.807) is 11.3 Å². The van der Waals surface area contributed by atoms with Crippen LogP contribution in [-0.2, 0) is 12.8 Å². The molecular weight excluding hydrogens is 412 g/mol. The van der Waals surface area contributed by atoms with Crippen LogP contribution in [0.5, 0.6) is 0 Å². The molecule has 2 atom stereocenters. The first-order chi connectivity index (χ1) is 14.2. The lowest BCUT2D eigenvalue weighted by Gasteiger charge is -2.34. The zero-order valence-electron chi connectivity index (χ0n) is 18.4. The second-order valence-corrected chi connectivity index (χ2v) is 12.0. The molecule has 4 nitrogen and oxygen atoms in total. The molecule has 2 aromatic heterocycles. The molecule has 30 heavy (non-hydrogen) atoms. The number of carbonyl (C=O) groups excluding carboxylic acids is 2. The van der Waals surface area contributed by atoms with E-state index >= 15 is 0 Å². The standard InChI is InChI=1S/C24H32N2O2S2/c1-15-7-5-11-26(14-15)23(28)20-17-10-9-16(24(2,3)4)13-19(17)30-22(20)25-21(27)18-8-6-12-29-18/h6,8,12,15-16H,5,7,9-11,13-14H2,1-4H3,(H,25,27)/t15-,16-/m1/s1. The smallest absolute Gasteiger partial charge is 0.266 e. The molecule has 162 valence electrons. The summed E-state index contributed by atoms with van der Waals surface area (Å²) in [5.74, 6) is 1.13. The van der Waals surface area contributed by atoms with Crippen LogP contribution in [0.1, 0.15) is 77.4 Å². The Bertz CT molecular complexity index is 924. The average Bonchev–Trinajstić information content (AvgIpc) is 3.34. The number of anilines is 1. The molecular formula is C24H32N2O2S2. The van der Waals surface area contributed by atoms with E-state index < -0.39 is 0 Å². The number of fused-ring (bicyclic) bond motifs is 1. The van der Waals surface area contributed by atoms with Crippen LogP contribution in [0.3, 0.4) is 0 Å². The fourth-order valence-electron chi connectivity index (χ4n) is 4.74. The third-order valence-electron chi connectivity index (χ3n) is 6.62. The van der Waals surface area contributed by atoms with Gasteiger partial charge in [-0.1, -0.05) is 33.8 Å². The largest absolute Gasteiger partial charge is 0.338 e. The highest BCUT2D eigenvalue weighted by Gasteiger charge is 2.36. The van der Waals surface area contributed by atoms with Gasteiger partial charge >= 0.3 is 0 Å². The van der Waals surface area contributed by atoms with Gasteiger partial charge in [-0.05, 0) is 66.4 Å². The third kappa shape index (κ3) is 4.35.